The van der Waals surface area contributed by atoms with E-state index >= 15 is 0 Å². The lowest BCUT2D eigenvalue weighted by Crippen LogP contribution is -2.39. The second-order valence-electron chi connectivity index (χ2n) is 3.32. The lowest BCUT2D eigenvalue weighted by atomic mass is 10.3. The van der Waals surface area contributed by atoms with E-state index < -0.39 is 36.7 Å². The van der Waals surface area contributed by atoms with Gasteiger partial charge in [-0.2, -0.15) is 4.98 Å². The van der Waals surface area contributed by atoms with Crippen molar-refractivity contribution in [2.75, 3.05) is 18.9 Å². The zero-order chi connectivity index (χ0) is 13.7. The molecule has 0 saturated carbocycles. The molecule has 2 unspecified atom stereocenters. The molecule has 1 heterocycles. The zero-order valence-corrected chi connectivity index (χ0v) is 10.1. The van der Waals surface area contributed by atoms with Gasteiger partial charge in [0.1, 0.15) is 17.9 Å². The Kier molecular flexibility index (Phi) is 5.50. The lowest BCUT2D eigenvalue weighted by Gasteiger charge is -2.25. The molecule has 0 aromatic carbocycles. The van der Waals surface area contributed by atoms with Crippen molar-refractivity contribution >= 4 is 18.6 Å². The van der Waals surface area contributed by atoms with Gasteiger partial charge in [-0.15, -0.1) is 12.6 Å². The van der Waals surface area contributed by atoms with E-state index in [4.69, 9.17) is 20.7 Å². The Hall–Kier alpha value is -1.20. The number of nitrogen functional groups attached to an aromatic ring is 1. The molecule has 5 N–H and O–H groups in total. The van der Waals surface area contributed by atoms with Crippen LogP contribution in [0.4, 0.5) is 5.95 Å². The van der Waals surface area contributed by atoms with Crippen molar-refractivity contribution < 1.29 is 20.1 Å². The number of rotatable bonds is 6. The second-order valence-corrected chi connectivity index (χ2v) is 3.89. The Morgan fingerprint density at radius 3 is 2.67 bits per heavy atom. The fourth-order valence-corrected chi connectivity index (χ4v) is 1.29. The molecule has 0 radical (unpaired) electrons. The minimum Gasteiger partial charge on any atom is -0.394 e. The van der Waals surface area contributed by atoms with Gasteiger partial charge in [0.25, 0.3) is 0 Å². The second kappa shape index (κ2) is 6.66. The Labute approximate surface area is 107 Å². The Morgan fingerprint density at radius 2 is 2.17 bits per heavy atom. The van der Waals surface area contributed by atoms with Crippen molar-refractivity contribution in [3.63, 3.8) is 0 Å². The molecule has 0 aliphatic heterocycles. The van der Waals surface area contributed by atoms with Crippen LogP contribution in [0.25, 0.3) is 0 Å². The Bertz CT molecular complexity index is 442. The van der Waals surface area contributed by atoms with Crippen molar-refractivity contribution in [1.29, 1.82) is 0 Å². The van der Waals surface area contributed by atoms with Crippen LogP contribution in [0, 0.1) is 0 Å². The molecule has 1 aromatic heterocycles. The van der Waals surface area contributed by atoms with Gasteiger partial charge in [0, 0.05) is 0 Å². The van der Waals surface area contributed by atoms with E-state index in [0.29, 0.717) is 0 Å². The quantitative estimate of drug-likeness (QED) is 0.280. The number of aliphatic hydroxyl groups is 3. The van der Waals surface area contributed by atoms with Gasteiger partial charge in [-0.05, 0) is 0 Å². The Balaban J connectivity index is 3.05. The highest BCUT2D eigenvalue weighted by molar-refractivity contribution is 7.80. The minimum atomic E-state index is -1.41. The summed E-state index contributed by atoms with van der Waals surface area (Å²) in [6.07, 6.45) is -1.67. The highest BCUT2D eigenvalue weighted by Gasteiger charge is 2.25. The molecule has 10 heteroatoms. The number of hydrogen-bond acceptors (Lipinski definition) is 9. The predicted octanol–water partition coefficient (Wildman–Crippen LogP) is -2.66. The summed E-state index contributed by atoms with van der Waals surface area (Å²) in [6, 6.07) is 0. The van der Waals surface area contributed by atoms with Gasteiger partial charge in [0.2, 0.25) is 5.95 Å². The van der Waals surface area contributed by atoms with Crippen LogP contribution >= 0.6 is 12.6 Å². The number of aromatic nitrogens is 3. The number of aliphatic hydroxyl groups excluding tert-OH is 3. The van der Waals surface area contributed by atoms with Crippen LogP contribution in [-0.4, -0.2) is 54.6 Å². The first-order chi connectivity index (χ1) is 8.49. The van der Waals surface area contributed by atoms with Crippen LogP contribution in [0.2, 0.25) is 0 Å². The van der Waals surface area contributed by atoms with Gasteiger partial charge in [-0.25, -0.2) is 9.78 Å². The summed E-state index contributed by atoms with van der Waals surface area (Å²) in [5.74, 6) is -0.224. The summed E-state index contributed by atoms with van der Waals surface area (Å²) in [5, 5.41) is 27.3. The predicted molar refractivity (Wildman–Crippen MR) is 63.8 cm³/mol. The molecule has 1 rings (SSSR count). The summed E-state index contributed by atoms with van der Waals surface area (Å²) in [6.45, 7) is -1.10. The summed E-state index contributed by atoms with van der Waals surface area (Å²) in [5.41, 5.74) is 3.47. The fourth-order valence-electron chi connectivity index (χ4n) is 1.17. The van der Waals surface area contributed by atoms with Crippen molar-refractivity contribution in [3.05, 3.63) is 16.8 Å². The van der Waals surface area contributed by atoms with Crippen LogP contribution in [0.5, 0.6) is 0 Å². The first-order valence-electron chi connectivity index (χ1n) is 4.93. The van der Waals surface area contributed by atoms with Crippen LogP contribution in [0.15, 0.2) is 11.1 Å². The van der Waals surface area contributed by atoms with E-state index in [1.807, 2.05) is 0 Å². The average molecular weight is 278 g/mol. The maximum atomic E-state index is 11.5. The normalized spacial score (nSPS) is 16.2. The maximum Gasteiger partial charge on any atom is 0.354 e. The van der Waals surface area contributed by atoms with Gasteiger partial charge in [0.15, 0.2) is 6.23 Å². The zero-order valence-electron chi connectivity index (χ0n) is 9.25. The van der Waals surface area contributed by atoms with E-state index in [9.17, 15) is 9.90 Å². The maximum absolute atomic E-state index is 11.5. The first-order valence-corrected chi connectivity index (χ1v) is 5.45. The highest BCUT2D eigenvalue weighted by atomic mass is 32.1. The smallest absolute Gasteiger partial charge is 0.354 e. The van der Waals surface area contributed by atoms with Crippen molar-refractivity contribution in [1.82, 2.24) is 14.5 Å². The molecule has 9 nitrogen and oxygen atoms in total. The largest absolute Gasteiger partial charge is 0.394 e. The van der Waals surface area contributed by atoms with Crippen LogP contribution < -0.4 is 11.4 Å². The third-order valence-corrected chi connectivity index (χ3v) is 2.27. The molecule has 18 heavy (non-hydrogen) atoms. The number of thiol groups is 1. The molecule has 3 atom stereocenters. The molecule has 0 bridgehead atoms. The number of nitrogens with two attached hydrogens (primary N) is 1. The molecule has 0 aliphatic rings. The molecule has 0 aliphatic carbocycles. The molecule has 0 fully saturated rings. The van der Waals surface area contributed by atoms with Crippen LogP contribution in [0.3, 0.4) is 0 Å². The summed E-state index contributed by atoms with van der Waals surface area (Å²) < 4.78 is 5.95. The molecular formula is C8H14N4O5S. The van der Waals surface area contributed by atoms with E-state index in [0.717, 1.165) is 10.9 Å². The van der Waals surface area contributed by atoms with Crippen LogP contribution in [-0.2, 0) is 4.74 Å². The molecular weight excluding hydrogens is 264 g/mol. The van der Waals surface area contributed by atoms with Gasteiger partial charge >= 0.3 is 5.69 Å². The molecule has 102 valence electrons. The van der Waals surface area contributed by atoms with Gasteiger partial charge in [-0.1, -0.05) is 0 Å². The summed E-state index contributed by atoms with van der Waals surface area (Å²) in [7, 11) is 0. The number of hydrogen-bond donors (Lipinski definition) is 5. The van der Waals surface area contributed by atoms with Crippen molar-refractivity contribution in [2.24, 2.45) is 0 Å². The number of nitrogens with zero attached hydrogens (tertiary/aromatic N) is 3. The van der Waals surface area contributed by atoms with Gasteiger partial charge in [0.05, 0.1) is 13.2 Å². The fraction of sp³-hybridized carbons (Fsp3) is 0.625. The summed E-state index contributed by atoms with van der Waals surface area (Å²) >= 11 is 3.86. The lowest BCUT2D eigenvalue weighted by molar-refractivity contribution is -0.116. The van der Waals surface area contributed by atoms with E-state index in [1.54, 1.807) is 0 Å². The molecule has 0 saturated heterocycles. The molecule has 0 amide bonds. The molecule has 1 aromatic rings. The van der Waals surface area contributed by atoms with Crippen LogP contribution in [0.1, 0.15) is 6.23 Å². The van der Waals surface area contributed by atoms with E-state index in [2.05, 4.69) is 22.6 Å². The minimum absolute atomic E-state index is 0.224. The average Bonchev–Trinajstić information content (AvgIpc) is 2.35. The third kappa shape index (κ3) is 3.65. The van der Waals surface area contributed by atoms with Crippen molar-refractivity contribution in [3.8, 4) is 0 Å². The molecule has 0 spiro atoms. The third-order valence-electron chi connectivity index (χ3n) is 1.99. The highest BCUT2D eigenvalue weighted by Crippen LogP contribution is 2.15. The van der Waals surface area contributed by atoms with Crippen molar-refractivity contribution in [2.45, 2.75) is 17.8 Å². The van der Waals surface area contributed by atoms with Gasteiger partial charge < -0.3 is 25.8 Å². The monoisotopic (exact) mass is 278 g/mol. The Morgan fingerprint density at radius 1 is 1.50 bits per heavy atom. The topological polar surface area (TPSA) is 144 Å². The number of ether oxygens (including phenoxy) is 1. The van der Waals surface area contributed by atoms with Gasteiger partial charge in [-0.3, -0.25) is 4.57 Å². The standard InChI is InChI=1S/C8H14N4O5S/c9-7-10-3-12(8(16)11-7)6(4(15)1-13)17-5(18)2-14/h3-6,13-15,18H,1-2H2,(H2,9,11,16)/t4?,5-,6?/m0/s1. The summed E-state index contributed by atoms with van der Waals surface area (Å²) in [4.78, 5) is 18.5. The number of anilines is 1. The first kappa shape index (κ1) is 14.9. The van der Waals surface area contributed by atoms with E-state index in [-0.39, 0.29) is 5.95 Å². The van der Waals surface area contributed by atoms with E-state index in [1.165, 1.54) is 0 Å². The SMILES string of the molecule is Nc1ncn(C(O[C@@H](S)CO)C(O)CO)c(=O)n1.